The lowest BCUT2D eigenvalue weighted by atomic mass is 9.95. The molecule has 0 unspecified atom stereocenters. The number of hydrogen-bond acceptors (Lipinski definition) is 3. The van der Waals surface area contributed by atoms with Crippen LogP contribution in [0.3, 0.4) is 0 Å². The second-order valence-electron chi connectivity index (χ2n) is 5.41. The first-order valence-corrected chi connectivity index (χ1v) is 7.73. The monoisotopic (exact) mass is 332 g/mol. The van der Waals surface area contributed by atoms with E-state index < -0.39 is 11.5 Å². The normalized spacial score (nSPS) is 10.4. The topological polar surface area (TPSA) is 72.2 Å². The number of carboxylic acids is 1. The number of allylic oxidation sites excluding steroid dienone is 1. The first-order valence-electron chi connectivity index (χ1n) is 7.73. The van der Waals surface area contributed by atoms with Gasteiger partial charge in [-0.1, -0.05) is 66.7 Å². The van der Waals surface area contributed by atoms with Gasteiger partial charge in [0.2, 0.25) is 0 Å². The third-order valence-corrected chi connectivity index (χ3v) is 3.78. The molecule has 0 fully saturated rings. The number of benzene rings is 2. The lowest BCUT2D eigenvalue weighted by molar-refractivity contribution is 0.0694. The molecule has 0 saturated carbocycles. The number of nitrogens with zero attached hydrogens (tertiary/aromatic N) is 2. The quantitative estimate of drug-likeness (QED) is 0.726. The molecule has 0 atom stereocenters. The van der Waals surface area contributed by atoms with Gasteiger partial charge in [0, 0.05) is 11.1 Å². The molecule has 1 N–H and O–H groups in total. The Morgan fingerprint density at radius 1 is 1.04 bits per heavy atom. The van der Waals surface area contributed by atoms with E-state index in [1.54, 1.807) is 24.3 Å². The summed E-state index contributed by atoms with van der Waals surface area (Å²) in [5.74, 6) is -1.28. The molecule has 1 aromatic heterocycles. The third kappa shape index (κ3) is 3.12. The summed E-state index contributed by atoms with van der Waals surface area (Å²) in [5.41, 5.74) is 1.21. The van der Waals surface area contributed by atoms with Gasteiger partial charge in [-0.15, -0.1) is 6.58 Å². The Bertz CT molecular complexity index is 977. The van der Waals surface area contributed by atoms with Crippen LogP contribution >= 0.6 is 0 Å². The van der Waals surface area contributed by atoms with E-state index in [2.05, 4.69) is 11.7 Å². The van der Waals surface area contributed by atoms with Gasteiger partial charge in [-0.2, -0.15) is 5.10 Å². The third-order valence-electron chi connectivity index (χ3n) is 3.78. The molecule has 0 spiro atoms. The second-order valence-corrected chi connectivity index (χ2v) is 5.41. The maximum Gasteiger partial charge on any atom is 0.342 e. The Morgan fingerprint density at radius 2 is 1.60 bits per heavy atom. The first kappa shape index (κ1) is 16.4. The Labute approximate surface area is 144 Å². The number of rotatable bonds is 5. The Hall–Kier alpha value is -3.47. The number of carbonyl (C=O) groups is 1. The van der Waals surface area contributed by atoms with Crippen molar-refractivity contribution in [3.63, 3.8) is 0 Å². The smallest absolute Gasteiger partial charge is 0.342 e. The van der Waals surface area contributed by atoms with Crippen molar-refractivity contribution in [1.82, 2.24) is 9.78 Å². The van der Waals surface area contributed by atoms with Crippen LogP contribution in [-0.2, 0) is 6.54 Å². The molecule has 5 heteroatoms. The fourth-order valence-corrected chi connectivity index (χ4v) is 2.70. The van der Waals surface area contributed by atoms with Crippen LogP contribution in [-0.4, -0.2) is 20.9 Å². The van der Waals surface area contributed by atoms with Crippen LogP contribution < -0.4 is 5.56 Å². The summed E-state index contributed by atoms with van der Waals surface area (Å²) >= 11 is 0. The highest BCUT2D eigenvalue weighted by Crippen LogP contribution is 2.31. The number of aromatic carboxylic acids is 1. The largest absolute Gasteiger partial charge is 0.477 e. The Kier molecular flexibility index (Phi) is 4.57. The highest BCUT2D eigenvalue weighted by Gasteiger charge is 2.24. The molecule has 0 amide bonds. The van der Waals surface area contributed by atoms with Crippen molar-refractivity contribution < 1.29 is 9.90 Å². The zero-order valence-electron chi connectivity index (χ0n) is 13.4. The van der Waals surface area contributed by atoms with Crippen LogP contribution in [0.15, 0.2) is 78.1 Å². The molecule has 5 nitrogen and oxygen atoms in total. The predicted molar refractivity (Wildman–Crippen MR) is 96.5 cm³/mol. The molecular weight excluding hydrogens is 316 g/mol. The molecule has 124 valence electrons. The van der Waals surface area contributed by atoms with Gasteiger partial charge in [0.15, 0.2) is 0 Å². The van der Waals surface area contributed by atoms with E-state index in [1.165, 1.54) is 6.08 Å². The van der Waals surface area contributed by atoms with E-state index in [0.717, 1.165) is 10.2 Å². The summed E-state index contributed by atoms with van der Waals surface area (Å²) in [7, 11) is 0. The zero-order valence-corrected chi connectivity index (χ0v) is 13.4. The van der Waals surface area contributed by atoms with Gasteiger partial charge in [0.1, 0.15) is 5.56 Å². The number of hydrogen-bond donors (Lipinski definition) is 1. The lowest BCUT2D eigenvalue weighted by Crippen LogP contribution is -2.30. The van der Waals surface area contributed by atoms with Crippen LogP contribution in [0.2, 0.25) is 0 Å². The standard InChI is InChI=1S/C20H16N2O3/c1-2-13-22-19(23)17(20(24)25)16(14-9-5-3-6-10-14)18(21-22)15-11-7-4-8-12-15/h2-12H,1,13H2,(H,24,25). The van der Waals surface area contributed by atoms with Crippen LogP contribution in [0.1, 0.15) is 10.4 Å². The molecule has 2 aromatic carbocycles. The van der Waals surface area contributed by atoms with E-state index >= 15 is 0 Å². The molecule has 25 heavy (non-hydrogen) atoms. The summed E-state index contributed by atoms with van der Waals surface area (Å²) in [5, 5.41) is 14.1. The average Bonchev–Trinajstić information content (AvgIpc) is 2.64. The molecule has 1 heterocycles. The molecular formula is C20H16N2O3. The summed E-state index contributed by atoms with van der Waals surface area (Å²) in [6.45, 7) is 3.74. The summed E-state index contributed by atoms with van der Waals surface area (Å²) in [4.78, 5) is 24.5. The molecule has 0 bridgehead atoms. The number of aromatic nitrogens is 2. The molecule has 0 aliphatic carbocycles. The average molecular weight is 332 g/mol. The summed E-state index contributed by atoms with van der Waals surface area (Å²) in [6, 6.07) is 18.2. The molecule has 0 saturated heterocycles. The molecule has 0 aliphatic heterocycles. The Balaban J connectivity index is 2.45. The van der Waals surface area contributed by atoms with Gasteiger partial charge < -0.3 is 5.11 Å². The minimum Gasteiger partial charge on any atom is -0.477 e. The molecule has 3 aromatic rings. The Morgan fingerprint density at radius 3 is 2.12 bits per heavy atom. The van der Waals surface area contributed by atoms with Crippen LogP contribution in [0.4, 0.5) is 0 Å². The van der Waals surface area contributed by atoms with Gasteiger partial charge >= 0.3 is 5.97 Å². The predicted octanol–water partition coefficient (Wildman–Crippen LogP) is 3.46. The molecule has 0 aliphatic rings. The molecule has 3 rings (SSSR count). The van der Waals surface area contributed by atoms with Crippen LogP contribution in [0.5, 0.6) is 0 Å². The van der Waals surface area contributed by atoms with Gasteiger partial charge in [0.05, 0.1) is 12.2 Å². The van der Waals surface area contributed by atoms with Crippen molar-refractivity contribution in [3.8, 4) is 22.4 Å². The first-order chi connectivity index (χ1) is 12.1. The summed E-state index contributed by atoms with van der Waals surface area (Å²) < 4.78 is 1.13. The minimum atomic E-state index is -1.28. The maximum atomic E-state index is 12.6. The van der Waals surface area contributed by atoms with E-state index in [1.807, 2.05) is 36.4 Å². The highest BCUT2D eigenvalue weighted by atomic mass is 16.4. The van der Waals surface area contributed by atoms with Crippen molar-refractivity contribution in [1.29, 1.82) is 0 Å². The van der Waals surface area contributed by atoms with Crippen molar-refractivity contribution in [2.75, 3.05) is 0 Å². The van der Waals surface area contributed by atoms with Crippen molar-refractivity contribution in [3.05, 3.63) is 89.2 Å². The lowest BCUT2D eigenvalue weighted by Gasteiger charge is -2.15. The van der Waals surface area contributed by atoms with E-state index in [-0.39, 0.29) is 12.1 Å². The van der Waals surface area contributed by atoms with Crippen molar-refractivity contribution >= 4 is 5.97 Å². The van der Waals surface area contributed by atoms with Gasteiger partial charge in [-0.05, 0) is 5.56 Å². The highest BCUT2D eigenvalue weighted by molar-refractivity contribution is 5.99. The van der Waals surface area contributed by atoms with E-state index in [4.69, 9.17) is 0 Å². The fraction of sp³-hybridized carbons (Fsp3) is 0.0500. The maximum absolute atomic E-state index is 12.6. The number of carboxylic acid groups (broad SMARTS) is 1. The van der Waals surface area contributed by atoms with Crippen molar-refractivity contribution in [2.45, 2.75) is 6.54 Å². The summed E-state index contributed by atoms with van der Waals surface area (Å²) in [6.07, 6.45) is 1.51. The van der Waals surface area contributed by atoms with Gasteiger partial charge in [-0.3, -0.25) is 4.79 Å². The second kappa shape index (κ2) is 6.97. The fourth-order valence-electron chi connectivity index (χ4n) is 2.70. The van der Waals surface area contributed by atoms with E-state index in [9.17, 15) is 14.7 Å². The van der Waals surface area contributed by atoms with Crippen LogP contribution in [0, 0.1) is 0 Å². The van der Waals surface area contributed by atoms with Gasteiger partial charge in [-0.25, -0.2) is 9.48 Å². The van der Waals surface area contributed by atoms with E-state index in [0.29, 0.717) is 16.8 Å². The van der Waals surface area contributed by atoms with Crippen molar-refractivity contribution in [2.24, 2.45) is 0 Å². The molecule has 0 radical (unpaired) electrons. The zero-order chi connectivity index (χ0) is 17.8. The van der Waals surface area contributed by atoms with Crippen LogP contribution in [0.25, 0.3) is 22.4 Å². The minimum absolute atomic E-state index is 0.133. The SMILES string of the molecule is C=CCn1nc(-c2ccccc2)c(-c2ccccc2)c(C(=O)O)c1=O. The van der Waals surface area contributed by atoms with Gasteiger partial charge in [0.25, 0.3) is 5.56 Å².